The molecule has 0 aliphatic heterocycles. The van der Waals surface area contributed by atoms with Crippen molar-refractivity contribution in [2.45, 2.75) is 25.8 Å². The van der Waals surface area contributed by atoms with E-state index >= 15 is 0 Å². The number of aromatic nitrogens is 2. The Hall–Kier alpha value is -2.82. The zero-order valence-electron chi connectivity index (χ0n) is 15.3. The number of carbonyl (C=O) groups is 1. The number of aryl methyl sites for hydroxylation is 2. The number of nitrogens with one attached hydrogen (secondary N) is 1. The van der Waals surface area contributed by atoms with E-state index in [4.69, 9.17) is 4.74 Å². The van der Waals surface area contributed by atoms with Crippen LogP contribution in [0.25, 0.3) is 10.9 Å². The summed E-state index contributed by atoms with van der Waals surface area (Å²) in [6.07, 6.45) is 2.26. The van der Waals surface area contributed by atoms with Crippen molar-refractivity contribution >= 4 is 16.8 Å². The number of pyridine rings is 1. The van der Waals surface area contributed by atoms with Crippen LogP contribution in [0.1, 0.15) is 40.8 Å². The number of amides is 1. The Bertz CT molecular complexity index is 973. The third kappa shape index (κ3) is 3.05. The van der Waals surface area contributed by atoms with Crippen molar-refractivity contribution in [3.63, 3.8) is 0 Å². The Kier molecular flexibility index (Phi) is 4.15. The summed E-state index contributed by atoms with van der Waals surface area (Å²) >= 11 is 0. The third-order valence-electron chi connectivity index (χ3n) is 5.09. The highest BCUT2D eigenvalue weighted by molar-refractivity contribution is 5.99. The van der Waals surface area contributed by atoms with Crippen LogP contribution < -0.4 is 10.1 Å². The molecular formula is C21H23N3O2. The molecule has 26 heavy (non-hydrogen) atoms. The monoisotopic (exact) mass is 349 g/mol. The normalized spacial score (nSPS) is 15.0. The number of benzene rings is 1. The molecule has 1 amide bonds. The van der Waals surface area contributed by atoms with Gasteiger partial charge in [-0.05, 0) is 62.1 Å². The van der Waals surface area contributed by atoms with E-state index in [2.05, 4.69) is 10.3 Å². The second-order valence-electron chi connectivity index (χ2n) is 7.01. The molecule has 0 saturated heterocycles. The van der Waals surface area contributed by atoms with Crippen molar-refractivity contribution in [3.8, 4) is 5.75 Å². The molecular weight excluding hydrogens is 326 g/mol. The van der Waals surface area contributed by atoms with Gasteiger partial charge >= 0.3 is 0 Å². The van der Waals surface area contributed by atoms with Gasteiger partial charge in [0.15, 0.2) is 0 Å². The van der Waals surface area contributed by atoms with Gasteiger partial charge in [0.05, 0.1) is 18.8 Å². The molecule has 134 valence electrons. The van der Waals surface area contributed by atoms with Gasteiger partial charge in [-0.25, -0.2) is 0 Å². The molecule has 0 unspecified atom stereocenters. The largest absolute Gasteiger partial charge is 0.497 e. The van der Waals surface area contributed by atoms with E-state index in [0.717, 1.165) is 40.9 Å². The number of methoxy groups -OCH3 is 1. The van der Waals surface area contributed by atoms with Gasteiger partial charge in [0.1, 0.15) is 11.4 Å². The van der Waals surface area contributed by atoms with Gasteiger partial charge in [0, 0.05) is 23.6 Å². The number of nitrogens with zero attached hydrogens (tertiary/aromatic N) is 2. The molecule has 4 rings (SSSR count). The van der Waals surface area contributed by atoms with E-state index in [1.165, 1.54) is 0 Å². The standard InChI is InChI=1S/C21H23N3O2/c1-13-5-4-6-17(22-13)20(14-7-8-14)23-21(25)19-12-15-11-16(26-3)9-10-18(15)24(19)2/h4-6,9-12,14,20H,7-8H2,1-3H3,(H,23,25)/t20-/m1/s1. The van der Waals surface area contributed by atoms with Crippen molar-refractivity contribution in [2.75, 3.05) is 7.11 Å². The quantitative estimate of drug-likeness (QED) is 0.763. The lowest BCUT2D eigenvalue weighted by atomic mass is 10.1. The second-order valence-corrected chi connectivity index (χ2v) is 7.01. The van der Waals surface area contributed by atoms with Gasteiger partial charge in [-0.15, -0.1) is 0 Å². The Labute approximate surface area is 153 Å². The molecule has 1 saturated carbocycles. The number of hydrogen-bond donors (Lipinski definition) is 1. The van der Waals surface area contributed by atoms with Crippen molar-refractivity contribution in [1.29, 1.82) is 0 Å². The van der Waals surface area contributed by atoms with E-state index in [1.807, 2.05) is 61.0 Å². The lowest BCUT2D eigenvalue weighted by Gasteiger charge is -2.18. The van der Waals surface area contributed by atoms with Crippen LogP contribution in [0.3, 0.4) is 0 Å². The fourth-order valence-corrected chi connectivity index (χ4v) is 3.49. The summed E-state index contributed by atoms with van der Waals surface area (Å²) < 4.78 is 7.22. The minimum atomic E-state index is -0.0668. The second kappa shape index (κ2) is 6.48. The molecule has 2 heterocycles. The van der Waals surface area contributed by atoms with Crippen LogP contribution >= 0.6 is 0 Å². The lowest BCUT2D eigenvalue weighted by Crippen LogP contribution is -2.31. The molecule has 1 N–H and O–H groups in total. The number of carbonyl (C=O) groups excluding carboxylic acids is 1. The van der Waals surface area contributed by atoms with Crippen LogP contribution in [-0.2, 0) is 7.05 Å². The first-order chi connectivity index (χ1) is 12.6. The van der Waals surface area contributed by atoms with Gasteiger partial charge in [-0.3, -0.25) is 9.78 Å². The Morgan fingerprint density at radius 1 is 1.27 bits per heavy atom. The number of fused-ring (bicyclic) bond motifs is 1. The summed E-state index contributed by atoms with van der Waals surface area (Å²) in [5, 5.41) is 4.21. The van der Waals surface area contributed by atoms with Crippen molar-refractivity contribution < 1.29 is 9.53 Å². The van der Waals surface area contributed by atoms with Crippen LogP contribution in [0.4, 0.5) is 0 Å². The maximum absolute atomic E-state index is 13.0. The first-order valence-corrected chi connectivity index (χ1v) is 8.94. The van der Waals surface area contributed by atoms with Crippen LogP contribution in [0.5, 0.6) is 5.75 Å². The maximum atomic E-state index is 13.0. The van der Waals surface area contributed by atoms with Crippen LogP contribution in [0.15, 0.2) is 42.5 Å². The zero-order valence-corrected chi connectivity index (χ0v) is 15.3. The molecule has 2 aromatic heterocycles. The van der Waals surface area contributed by atoms with E-state index in [9.17, 15) is 4.79 Å². The molecule has 3 aromatic rings. The number of ether oxygens (including phenoxy) is 1. The third-order valence-corrected chi connectivity index (χ3v) is 5.09. The average molecular weight is 349 g/mol. The predicted octanol–water partition coefficient (Wildman–Crippen LogP) is 3.77. The van der Waals surface area contributed by atoms with Crippen molar-refractivity contribution in [3.05, 3.63) is 59.5 Å². The first kappa shape index (κ1) is 16.6. The predicted molar refractivity (Wildman–Crippen MR) is 101 cm³/mol. The van der Waals surface area contributed by atoms with Crippen LogP contribution in [0, 0.1) is 12.8 Å². The molecule has 5 heteroatoms. The fourth-order valence-electron chi connectivity index (χ4n) is 3.49. The van der Waals surface area contributed by atoms with E-state index < -0.39 is 0 Å². The number of rotatable bonds is 5. The molecule has 1 fully saturated rings. The summed E-state index contributed by atoms with van der Waals surface area (Å²) in [6.45, 7) is 1.98. The molecule has 1 aliphatic carbocycles. The highest BCUT2D eigenvalue weighted by atomic mass is 16.5. The zero-order chi connectivity index (χ0) is 18.3. The molecule has 1 aliphatic rings. The number of hydrogen-bond acceptors (Lipinski definition) is 3. The van der Waals surface area contributed by atoms with Crippen LogP contribution in [-0.4, -0.2) is 22.6 Å². The van der Waals surface area contributed by atoms with E-state index in [0.29, 0.717) is 11.6 Å². The minimum Gasteiger partial charge on any atom is -0.497 e. The van der Waals surface area contributed by atoms with Gasteiger partial charge in [0.25, 0.3) is 5.91 Å². The summed E-state index contributed by atoms with van der Waals surface area (Å²) in [7, 11) is 3.56. The van der Waals surface area contributed by atoms with Crippen LogP contribution in [0.2, 0.25) is 0 Å². The minimum absolute atomic E-state index is 0.0325. The topological polar surface area (TPSA) is 56.1 Å². The van der Waals surface area contributed by atoms with Gasteiger partial charge in [-0.1, -0.05) is 6.07 Å². The SMILES string of the molecule is COc1ccc2c(c1)cc(C(=O)N[C@@H](c1cccc(C)n1)C1CC1)n2C. The summed E-state index contributed by atoms with van der Waals surface area (Å²) in [4.78, 5) is 17.6. The van der Waals surface area contributed by atoms with E-state index in [-0.39, 0.29) is 11.9 Å². The molecule has 5 nitrogen and oxygen atoms in total. The smallest absolute Gasteiger partial charge is 0.268 e. The average Bonchev–Trinajstić information content (AvgIpc) is 3.43. The summed E-state index contributed by atoms with van der Waals surface area (Å²) in [5.41, 5.74) is 3.57. The van der Waals surface area contributed by atoms with Gasteiger partial charge < -0.3 is 14.6 Å². The molecule has 1 aromatic carbocycles. The maximum Gasteiger partial charge on any atom is 0.268 e. The molecule has 0 spiro atoms. The van der Waals surface area contributed by atoms with E-state index in [1.54, 1.807) is 7.11 Å². The fraction of sp³-hybridized carbons (Fsp3) is 0.333. The highest BCUT2D eigenvalue weighted by Gasteiger charge is 2.35. The van der Waals surface area contributed by atoms with Gasteiger partial charge in [0.2, 0.25) is 0 Å². The summed E-state index contributed by atoms with van der Waals surface area (Å²) in [5.74, 6) is 1.20. The Morgan fingerprint density at radius 3 is 2.77 bits per heavy atom. The highest BCUT2D eigenvalue weighted by Crippen LogP contribution is 2.40. The first-order valence-electron chi connectivity index (χ1n) is 8.94. The molecule has 0 bridgehead atoms. The summed E-state index contributed by atoms with van der Waals surface area (Å²) in [6, 6.07) is 13.7. The van der Waals surface area contributed by atoms with Crippen molar-refractivity contribution in [1.82, 2.24) is 14.9 Å². The Morgan fingerprint density at radius 2 is 2.08 bits per heavy atom. The van der Waals surface area contributed by atoms with Crippen molar-refractivity contribution in [2.24, 2.45) is 13.0 Å². The molecule has 0 radical (unpaired) electrons. The molecule has 1 atom stereocenters. The Balaban J connectivity index is 1.64. The van der Waals surface area contributed by atoms with Gasteiger partial charge in [-0.2, -0.15) is 0 Å². The lowest BCUT2D eigenvalue weighted by molar-refractivity contribution is 0.0923.